The zero-order valence-corrected chi connectivity index (χ0v) is 16.7. The van der Waals surface area contributed by atoms with Gasteiger partial charge in [0, 0.05) is 18.2 Å². The first-order chi connectivity index (χ1) is 13.6. The number of anilines is 2. The first-order valence-electron chi connectivity index (χ1n) is 9.74. The first kappa shape index (κ1) is 19.9. The molecule has 0 atom stereocenters. The highest BCUT2D eigenvalue weighted by Crippen LogP contribution is 2.31. The minimum Gasteiger partial charge on any atom is -0.497 e. The van der Waals surface area contributed by atoms with Gasteiger partial charge in [0.05, 0.1) is 19.9 Å². The summed E-state index contributed by atoms with van der Waals surface area (Å²) < 4.78 is 10.6. The van der Waals surface area contributed by atoms with Crippen molar-refractivity contribution in [2.24, 2.45) is 0 Å². The lowest BCUT2D eigenvalue weighted by Gasteiger charge is -2.16. The molecule has 1 aliphatic rings. The van der Waals surface area contributed by atoms with Crippen LogP contribution in [0.25, 0.3) is 0 Å². The van der Waals surface area contributed by atoms with E-state index >= 15 is 0 Å². The number of carbonyl (C=O) groups is 1. The van der Waals surface area contributed by atoms with Gasteiger partial charge in [0.2, 0.25) is 0 Å². The van der Waals surface area contributed by atoms with Crippen molar-refractivity contribution >= 4 is 17.4 Å². The summed E-state index contributed by atoms with van der Waals surface area (Å²) in [6.45, 7) is 1.78. The number of carbonyl (C=O) groups excluding carboxylic acids is 1. The fourth-order valence-corrected chi connectivity index (χ4v) is 3.47. The van der Waals surface area contributed by atoms with Gasteiger partial charge in [-0.05, 0) is 31.9 Å². The van der Waals surface area contributed by atoms with Gasteiger partial charge in [0.15, 0.2) is 0 Å². The van der Waals surface area contributed by atoms with Crippen molar-refractivity contribution < 1.29 is 14.3 Å². The molecule has 0 spiro atoms. The molecule has 0 radical (unpaired) electrons. The third-order valence-electron chi connectivity index (χ3n) is 4.93. The van der Waals surface area contributed by atoms with Gasteiger partial charge in [-0.15, -0.1) is 0 Å². The molecule has 1 heterocycles. The predicted molar refractivity (Wildman–Crippen MR) is 109 cm³/mol. The average molecular weight is 384 g/mol. The molecule has 7 nitrogen and oxygen atoms in total. The second-order valence-corrected chi connectivity index (χ2v) is 7.04. The van der Waals surface area contributed by atoms with E-state index in [4.69, 9.17) is 9.47 Å². The van der Waals surface area contributed by atoms with Gasteiger partial charge in [0.1, 0.15) is 28.8 Å². The van der Waals surface area contributed by atoms with E-state index in [0.717, 1.165) is 31.4 Å². The van der Waals surface area contributed by atoms with Crippen molar-refractivity contribution in [1.29, 1.82) is 0 Å². The van der Waals surface area contributed by atoms with E-state index in [-0.39, 0.29) is 11.9 Å². The highest BCUT2D eigenvalue weighted by molar-refractivity contribution is 5.93. The van der Waals surface area contributed by atoms with Gasteiger partial charge in [-0.2, -0.15) is 0 Å². The van der Waals surface area contributed by atoms with Gasteiger partial charge in [-0.1, -0.05) is 25.7 Å². The van der Waals surface area contributed by atoms with Crippen LogP contribution in [0.2, 0.25) is 0 Å². The minimum absolute atomic E-state index is 0.151. The van der Waals surface area contributed by atoms with E-state index in [9.17, 15) is 4.79 Å². The summed E-state index contributed by atoms with van der Waals surface area (Å²) in [7, 11) is 3.20. The summed E-state index contributed by atoms with van der Waals surface area (Å²) in [4.78, 5) is 21.4. The standard InChI is InChI=1S/C21H28N4O3/c1-14-22-18(21(26)24-15-8-6-4-5-7-9-15)13-20(23-14)25-17-11-10-16(27-2)12-19(17)28-3/h10-13,15H,4-9H2,1-3H3,(H,24,26)(H,22,23,25). The molecule has 28 heavy (non-hydrogen) atoms. The van der Waals surface area contributed by atoms with Crippen molar-refractivity contribution in [2.75, 3.05) is 19.5 Å². The molecule has 3 rings (SSSR count). The molecule has 1 aromatic heterocycles. The molecule has 2 N–H and O–H groups in total. The molecule has 0 aliphatic heterocycles. The van der Waals surface area contributed by atoms with E-state index in [1.807, 2.05) is 12.1 Å². The normalized spacial score (nSPS) is 14.8. The van der Waals surface area contributed by atoms with Crippen molar-refractivity contribution in [3.8, 4) is 11.5 Å². The van der Waals surface area contributed by atoms with Gasteiger partial charge >= 0.3 is 0 Å². The molecule has 1 amide bonds. The van der Waals surface area contributed by atoms with Gasteiger partial charge < -0.3 is 20.1 Å². The minimum atomic E-state index is -0.151. The Balaban J connectivity index is 1.76. The van der Waals surface area contributed by atoms with Crippen LogP contribution in [0.1, 0.15) is 54.8 Å². The summed E-state index contributed by atoms with van der Waals surface area (Å²) in [5.74, 6) is 2.25. The van der Waals surface area contributed by atoms with Crippen molar-refractivity contribution in [3.63, 3.8) is 0 Å². The average Bonchev–Trinajstić information content (AvgIpc) is 2.96. The number of aryl methyl sites for hydroxylation is 1. The van der Waals surface area contributed by atoms with Crippen LogP contribution in [0, 0.1) is 6.92 Å². The Hall–Kier alpha value is -2.83. The Kier molecular flexibility index (Phi) is 6.68. The maximum atomic E-state index is 12.7. The zero-order chi connectivity index (χ0) is 19.9. The summed E-state index contributed by atoms with van der Waals surface area (Å²) in [5, 5.41) is 6.35. The predicted octanol–water partition coefficient (Wildman–Crippen LogP) is 4.00. The van der Waals surface area contributed by atoms with Crippen LogP contribution >= 0.6 is 0 Å². The van der Waals surface area contributed by atoms with Crippen molar-refractivity contribution in [2.45, 2.75) is 51.5 Å². The quantitative estimate of drug-likeness (QED) is 0.732. The van der Waals surface area contributed by atoms with Crippen LogP contribution < -0.4 is 20.1 Å². The summed E-state index contributed by atoms with van der Waals surface area (Å²) in [6, 6.07) is 7.36. The van der Waals surface area contributed by atoms with E-state index in [0.29, 0.717) is 28.8 Å². The molecule has 1 aromatic carbocycles. The fourth-order valence-electron chi connectivity index (χ4n) is 3.47. The molecule has 0 unspecified atom stereocenters. The number of aromatic nitrogens is 2. The number of methoxy groups -OCH3 is 2. The largest absolute Gasteiger partial charge is 0.497 e. The summed E-state index contributed by atoms with van der Waals surface area (Å²) in [5.41, 5.74) is 1.10. The topological polar surface area (TPSA) is 85.4 Å². The lowest BCUT2D eigenvalue weighted by atomic mass is 10.1. The molecule has 150 valence electrons. The first-order valence-corrected chi connectivity index (χ1v) is 9.74. The Labute approximate surface area is 165 Å². The summed E-state index contributed by atoms with van der Waals surface area (Å²) >= 11 is 0. The second-order valence-electron chi connectivity index (χ2n) is 7.04. The molecule has 0 saturated heterocycles. The highest BCUT2D eigenvalue weighted by Gasteiger charge is 2.18. The molecular weight excluding hydrogens is 356 g/mol. The van der Waals surface area contributed by atoms with Crippen molar-refractivity contribution in [3.05, 3.63) is 35.8 Å². The Morgan fingerprint density at radius 3 is 2.46 bits per heavy atom. The Morgan fingerprint density at radius 2 is 1.79 bits per heavy atom. The fraction of sp³-hybridized carbons (Fsp3) is 0.476. The zero-order valence-electron chi connectivity index (χ0n) is 16.7. The third kappa shape index (κ3) is 5.12. The smallest absolute Gasteiger partial charge is 0.270 e. The van der Waals surface area contributed by atoms with Crippen LogP contribution in [0.15, 0.2) is 24.3 Å². The maximum Gasteiger partial charge on any atom is 0.270 e. The number of ether oxygens (including phenoxy) is 2. The number of amides is 1. The lowest BCUT2D eigenvalue weighted by molar-refractivity contribution is 0.0928. The van der Waals surface area contributed by atoms with Gasteiger partial charge in [0.25, 0.3) is 5.91 Å². The number of hydrogen-bond donors (Lipinski definition) is 2. The molecule has 1 fully saturated rings. The maximum absolute atomic E-state index is 12.7. The molecule has 2 aromatic rings. The van der Waals surface area contributed by atoms with E-state index in [1.165, 1.54) is 12.8 Å². The molecule has 1 saturated carbocycles. The molecule has 1 aliphatic carbocycles. The lowest BCUT2D eigenvalue weighted by Crippen LogP contribution is -2.35. The van der Waals surface area contributed by atoms with E-state index in [1.54, 1.807) is 33.3 Å². The number of nitrogens with zero attached hydrogens (tertiary/aromatic N) is 2. The monoisotopic (exact) mass is 384 g/mol. The molecule has 7 heteroatoms. The highest BCUT2D eigenvalue weighted by atomic mass is 16.5. The second kappa shape index (κ2) is 9.39. The number of rotatable bonds is 6. The van der Waals surface area contributed by atoms with Crippen molar-refractivity contribution in [1.82, 2.24) is 15.3 Å². The molecular formula is C21H28N4O3. The number of hydrogen-bond acceptors (Lipinski definition) is 6. The van der Waals surface area contributed by atoms with Crippen LogP contribution in [-0.4, -0.2) is 36.1 Å². The van der Waals surface area contributed by atoms with Crippen LogP contribution in [0.4, 0.5) is 11.5 Å². The van der Waals surface area contributed by atoms with Gasteiger partial charge in [-0.3, -0.25) is 4.79 Å². The third-order valence-corrected chi connectivity index (χ3v) is 4.93. The number of benzene rings is 1. The van der Waals surface area contributed by atoms with E-state index in [2.05, 4.69) is 20.6 Å². The summed E-state index contributed by atoms with van der Waals surface area (Å²) in [6.07, 6.45) is 6.89. The Morgan fingerprint density at radius 1 is 1.04 bits per heavy atom. The van der Waals surface area contributed by atoms with Crippen LogP contribution in [0.5, 0.6) is 11.5 Å². The van der Waals surface area contributed by atoms with Crippen LogP contribution in [0.3, 0.4) is 0 Å². The van der Waals surface area contributed by atoms with E-state index < -0.39 is 0 Å². The molecule has 0 bridgehead atoms. The van der Waals surface area contributed by atoms with Gasteiger partial charge in [-0.25, -0.2) is 9.97 Å². The SMILES string of the molecule is COc1ccc(Nc2cc(C(=O)NC3CCCCCC3)nc(C)n2)c(OC)c1. The number of nitrogens with one attached hydrogen (secondary N) is 2. The van der Waals surface area contributed by atoms with Crippen LogP contribution in [-0.2, 0) is 0 Å². The Bertz CT molecular complexity index is 817.